The first-order valence-corrected chi connectivity index (χ1v) is 8.97. The predicted octanol–water partition coefficient (Wildman–Crippen LogP) is 4.22. The number of nitrogens with one attached hydrogen (secondary N) is 2. The topological polar surface area (TPSA) is 75.3 Å². The zero-order valence-corrected chi connectivity index (χ0v) is 18.2. The van der Waals surface area contributed by atoms with Gasteiger partial charge in [-0.2, -0.15) is 0 Å². The molecule has 0 unspecified atom stereocenters. The highest BCUT2D eigenvalue weighted by molar-refractivity contribution is 14.0. The van der Waals surface area contributed by atoms with Crippen LogP contribution in [0.1, 0.15) is 43.8 Å². The molecule has 2 aromatic heterocycles. The Balaban J connectivity index is 0.00000261. The zero-order chi connectivity index (χ0) is 18.4. The van der Waals surface area contributed by atoms with Gasteiger partial charge in [-0.25, -0.2) is 4.99 Å². The second-order valence-corrected chi connectivity index (χ2v) is 6.40. The first-order valence-electron chi connectivity index (χ1n) is 8.97. The summed E-state index contributed by atoms with van der Waals surface area (Å²) in [5.41, 5.74) is 1.92. The molecule has 1 aromatic carbocycles. The molecule has 27 heavy (non-hydrogen) atoms. The van der Waals surface area contributed by atoms with Crippen LogP contribution in [0.15, 0.2) is 52.1 Å². The van der Waals surface area contributed by atoms with E-state index in [0.29, 0.717) is 19.0 Å². The van der Waals surface area contributed by atoms with E-state index < -0.39 is 0 Å². The predicted molar refractivity (Wildman–Crippen MR) is 119 cm³/mol. The smallest absolute Gasteiger partial charge is 0.192 e. The maximum absolute atomic E-state index is 5.37. The molecule has 0 amide bonds. The van der Waals surface area contributed by atoms with Crippen molar-refractivity contribution in [2.24, 2.45) is 4.99 Å². The van der Waals surface area contributed by atoms with Crippen LogP contribution in [0.4, 0.5) is 0 Å². The largest absolute Gasteiger partial charge is 0.359 e. The van der Waals surface area contributed by atoms with Crippen molar-refractivity contribution in [1.82, 2.24) is 20.8 Å². The minimum absolute atomic E-state index is 0. The molecule has 6 nitrogen and oxygen atoms in total. The number of halogens is 1. The van der Waals surface area contributed by atoms with Crippen LogP contribution >= 0.6 is 24.0 Å². The van der Waals surface area contributed by atoms with E-state index in [0.717, 1.165) is 35.0 Å². The van der Waals surface area contributed by atoms with Crippen molar-refractivity contribution >= 4 is 40.7 Å². The van der Waals surface area contributed by atoms with Crippen LogP contribution in [0, 0.1) is 0 Å². The van der Waals surface area contributed by atoms with Crippen LogP contribution in [-0.2, 0) is 13.1 Å². The molecular formula is C20H26IN5O. The first-order chi connectivity index (χ1) is 12.7. The van der Waals surface area contributed by atoms with Gasteiger partial charge in [-0.3, -0.25) is 4.98 Å². The molecule has 2 heterocycles. The van der Waals surface area contributed by atoms with Crippen molar-refractivity contribution in [2.75, 3.05) is 6.54 Å². The Kier molecular flexibility index (Phi) is 8.02. The van der Waals surface area contributed by atoms with Gasteiger partial charge in [0.25, 0.3) is 0 Å². The molecule has 144 valence electrons. The van der Waals surface area contributed by atoms with Gasteiger partial charge >= 0.3 is 0 Å². The summed E-state index contributed by atoms with van der Waals surface area (Å²) in [7, 11) is 0. The lowest BCUT2D eigenvalue weighted by molar-refractivity contribution is 0.372. The molecule has 0 atom stereocenters. The average molecular weight is 479 g/mol. The van der Waals surface area contributed by atoms with Crippen molar-refractivity contribution in [3.8, 4) is 0 Å². The Morgan fingerprint density at radius 3 is 2.74 bits per heavy atom. The third-order valence-electron chi connectivity index (χ3n) is 4.09. The van der Waals surface area contributed by atoms with Crippen LogP contribution < -0.4 is 10.6 Å². The van der Waals surface area contributed by atoms with Gasteiger partial charge in [-0.05, 0) is 24.3 Å². The van der Waals surface area contributed by atoms with Gasteiger partial charge in [-0.1, -0.05) is 43.3 Å². The summed E-state index contributed by atoms with van der Waals surface area (Å²) < 4.78 is 5.37. The number of aliphatic imine (C=N–C) groups is 1. The minimum Gasteiger partial charge on any atom is -0.359 e. The van der Waals surface area contributed by atoms with Crippen LogP contribution in [0.25, 0.3) is 10.8 Å². The van der Waals surface area contributed by atoms with Gasteiger partial charge in [0.2, 0.25) is 0 Å². The summed E-state index contributed by atoms with van der Waals surface area (Å²) in [6.07, 6.45) is 1.83. The molecular weight excluding hydrogens is 453 g/mol. The van der Waals surface area contributed by atoms with E-state index in [2.05, 4.69) is 51.7 Å². The molecule has 0 saturated heterocycles. The Morgan fingerprint density at radius 2 is 2.00 bits per heavy atom. The van der Waals surface area contributed by atoms with Gasteiger partial charge in [0, 0.05) is 24.2 Å². The van der Waals surface area contributed by atoms with Gasteiger partial charge < -0.3 is 15.2 Å². The molecule has 0 radical (unpaired) electrons. The number of benzene rings is 1. The van der Waals surface area contributed by atoms with Gasteiger partial charge in [0.05, 0.1) is 24.5 Å². The third-order valence-corrected chi connectivity index (χ3v) is 4.09. The number of aromatic nitrogens is 2. The normalized spacial score (nSPS) is 11.5. The van der Waals surface area contributed by atoms with Crippen LogP contribution in [0.2, 0.25) is 0 Å². The monoisotopic (exact) mass is 479 g/mol. The summed E-state index contributed by atoms with van der Waals surface area (Å²) in [4.78, 5) is 9.15. The van der Waals surface area contributed by atoms with Gasteiger partial charge in [0.1, 0.15) is 0 Å². The Labute approximate surface area is 176 Å². The maximum Gasteiger partial charge on any atom is 0.192 e. The molecule has 0 aliphatic rings. The molecule has 0 aliphatic heterocycles. The number of guanidine groups is 1. The highest BCUT2D eigenvalue weighted by atomic mass is 127. The summed E-state index contributed by atoms with van der Waals surface area (Å²) in [6.45, 7) is 8.05. The van der Waals surface area contributed by atoms with E-state index in [9.17, 15) is 0 Å². The third kappa shape index (κ3) is 5.66. The number of fused-ring (bicyclic) bond motifs is 1. The Hall–Kier alpha value is -2.16. The quantitative estimate of drug-likeness (QED) is 0.315. The first kappa shape index (κ1) is 21.1. The fraction of sp³-hybridized carbons (Fsp3) is 0.350. The van der Waals surface area contributed by atoms with Crippen LogP contribution in [0.5, 0.6) is 0 Å². The number of rotatable bonds is 6. The van der Waals surface area contributed by atoms with E-state index >= 15 is 0 Å². The Bertz CT molecular complexity index is 885. The zero-order valence-electron chi connectivity index (χ0n) is 15.9. The Morgan fingerprint density at radius 1 is 1.19 bits per heavy atom. The lowest BCUT2D eigenvalue weighted by Gasteiger charge is -2.10. The van der Waals surface area contributed by atoms with E-state index in [4.69, 9.17) is 4.52 Å². The van der Waals surface area contributed by atoms with E-state index in [-0.39, 0.29) is 24.0 Å². The fourth-order valence-corrected chi connectivity index (χ4v) is 2.66. The molecule has 0 spiro atoms. The second-order valence-electron chi connectivity index (χ2n) is 6.40. The van der Waals surface area contributed by atoms with Gasteiger partial charge in [0.15, 0.2) is 11.7 Å². The summed E-state index contributed by atoms with van der Waals surface area (Å²) >= 11 is 0. The lowest BCUT2D eigenvalue weighted by Crippen LogP contribution is -2.36. The van der Waals surface area contributed by atoms with Gasteiger partial charge in [-0.15, -0.1) is 24.0 Å². The number of hydrogen-bond acceptors (Lipinski definition) is 4. The molecule has 3 rings (SSSR count). The highest BCUT2D eigenvalue weighted by Gasteiger charge is 2.08. The molecule has 2 N–H and O–H groups in total. The molecule has 0 fully saturated rings. The van der Waals surface area contributed by atoms with Crippen molar-refractivity contribution in [1.29, 1.82) is 0 Å². The van der Waals surface area contributed by atoms with Crippen molar-refractivity contribution in [2.45, 2.75) is 39.8 Å². The maximum atomic E-state index is 5.37. The summed E-state index contributed by atoms with van der Waals surface area (Å²) in [5, 5.41) is 12.9. The number of nitrogens with zero attached hydrogens (tertiary/aromatic N) is 3. The van der Waals surface area contributed by atoms with E-state index in [1.54, 1.807) is 0 Å². The number of hydrogen-bond donors (Lipinski definition) is 2. The van der Waals surface area contributed by atoms with Crippen molar-refractivity contribution in [3.63, 3.8) is 0 Å². The number of pyridine rings is 1. The van der Waals surface area contributed by atoms with Crippen LogP contribution in [0.3, 0.4) is 0 Å². The second kappa shape index (κ2) is 10.2. The average Bonchev–Trinajstić information content (AvgIpc) is 3.13. The van der Waals surface area contributed by atoms with Crippen LogP contribution in [-0.4, -0.2) is 22.6 Å². The standard InChI is InChI=1S/C20H25N5O.HI/c1-4-21-20(23-12-16-11-18(14(2)3)25-26-16)24-13-19-17-8-6-5-7-15(17)9-10-22-19;/h5-11,14H,4,12-13H2,1-3H3,(H2,21,23,24);1H. The molecule has 0 aliphatic carbocycles. The summed E-state index contributed by atoms with van der Waals surface area (Å²) in [6, 6.07) is 12.2. The molecule has 0 saturated carbocycles. The summed E-state index contributed by atoms with van der Waals surface area (Å²) in [5.74, 6) is 1.87. The van der Waals surface area contributed by atoms with Crippen molar-refractivity contribution in [3.05, 3.63) is 59.7 Å². The fourth-order valence-electron chi connectivity index (χ4n) is 2.66. The highest BCUT2D eigenvalue weighted by Crippen LogP contribution is 2.17. The molecule has 3 aromatic rings. The SMILES string of the molecule is CCNC(=NCc1nccc2ccccc12)NCc1cc(C(C)C)no1.I. The lowest BCUT2D eigenvalue weighted by atomic mass is 10.1. The molecule has 0 bridgehead atoms. The minimum atomic E-state index is 0. The molecule has 7 heteroatoms. The van der Waals surface area contributed by atoms with E-state index in [1.807, 2.05) is 37.4 Å². The van der Waals surface area contributed by atoms with Crippen molar-refractivity contribution < 1.29 is 4.52 Å². The van der Waals surface area contributed by atoms with E-state index in [1.165, 1.54) is 5.39 Å².